The largest absolute Gasteiger partial charge is 0.508 e. The molecule has 1 fully saturated rings. The molecule has 1 saturated heterocycles. The van der Waals surface area contributed by atoms with Crippen molar-refractivity contribution in [1.82, 2.24) is 25.4 Å². The van der Waals surface area contributed by atoms with Gasteiger partial charge in [-0.25, -0.2) is 4.98 Å². The van der Waals surface area contributed by atoms with Crippen LogP contribution in [0.4, 0.5) is 0 Å². The molecule has 31 heavy (non-hydrogen) atoms. The summed E-state index contributed by atoms with van der Waals surface area (Å²) in [4.78, 5) is 7.34. The van der Waals surface area contributed by atoms with Crippen LogP contribution in [0.2, 0.25) is 0 Å². The number of piperazine rings is 1. The molecule has 1 aliphatic rings. The number of nitrogens with zero attached hydrogens (tertiary/aromatic N) is 3. The highest BCUT2D eigenvalue weighted by Gasteiger charge is 2.28. The molecule has 3 N–H and O–H groups in total. The summed E-state index contributed by atoms with van der Waals surface area (Å²) in [6, 6.07) is 20.8. The van der Waals surface area contributed by atoms with Crippen LogP contribution in [0.1, 0.15) is 29.8 Å². The summed E-state index contributed by atoms with van der Waals surface area (Å²) in [6.07, 6.45) is 0. The summed E-state index contributed by atoms with van der Waals surface area (Å²) < 4.78 is 0. The molecule has 0 bridgehead atoms. The molecule has 4 aromatic rings. The maximum absolute atomic E-state index is 9.66. The third-order valence-electron chi connectivity index (χ3n) is 6.12. The second-order valence-corrected chi connectivity index (χ2v) is 8.43. The number of hydrogen-bond acceptors (Lipinski definition) is 5. The summed E-state index contributed by atoms with van der Waals surface area (Å²) in [7, 11) is 0. The van der Waals surface area contributed by atoms with Crippen molar-refractivity contribution in [1.29, 1.82) is 0 Å². The van der Waals surface area contributed by atoms with Gasteiger partial charge in [0, 0.05) is 48.4 Å². The summed E-state index contributed by atoms with van der Waals surface area (Å²) in [5.74, 6) is 0.251. The maximum atomic E-state index is 9.66. The zero-order valence-corrected chi connectivity index (χ0v) is 17.8. The van der Waals surface area contributed by atoms with E-state index in [4.69, 9.17) is 4.98 Å². The van der Waals surface area contributed by atoms with Crippen molar-refractivity contribution in [3.05, 3.63) is 77.5 Å². The average molecular weight is 414 g/mol. The Kier molecular flexibility index (Phi) is 5.18. The predicted octanol–water partition coefficient (Wildman–Crippen LogP) is 4.17. The van der Waals surface area contributed by atoms with Gasteiger partial charge in [0.25, 0.3) is 0 Å². The highest BCUT2D eigenvalue weighted by molar-refractivity contribution is 5.84. The summed E-state index contributed by atoms with van der Waals surface area (Å²) in [5, 5.41) is 22.0. The number of aromatic nitrogens is 3. The Bertz CT molecular complexity index is 1190. The van der Waals surface area contributed by atoms with E-state index in [0.717, 1.165) is 47.6 Å². The molecule has 3 heterocycles. The van der Waals surface area contributed by atoms with Crippen LogP contribution in [-0.4, -0.2) is 44.3 Å². The number of fused-ring (bicyclic) bond motifs is 1. The SMILES string of the molecule is Cc1[nH]nc2nc(-c3ccc(O)cc3)cc(CN3CC(C)NCC3c3ccccc3)c12. The Hall–Kier alpha value is -3.22. The van der Waals surface area contributed by atoms with Gasteiger partial charge >= 0.3 is 0 Å². The number of aromatic hydroxyl groups is 1. The van der Waals surface area contributed by atoms with E-state index in [1.165, 1.54) is 11.1 Å². The number of aromatic amines is 1. The van der Waals surface area contributed by atoms with E-state index >= 15 is 0 Å². The minimum atomic E-state index is 0.251. The van der Waals surface area contributed by atoms with Crippen molar-refractivity contribution < 1.29 is 5.11 Å². The van der Waals surface area contributed by atoms with E-state index in [1.807, 2.05) is 12.1 Å². The summed E-state index contributed by atoms with van der Waals surface area (Å²) in [6.45, 7) is 7.00. The first-order valence-corrected chi connectivity index (χ1v) is 10.7. The van der Waals surface area contributed by atoms with Gasteiger partial charge in [-0.1, -0.05) is 30.3 Å². The van der Waals surface area contributed by atoms with Gasteiger partial charge < -0.3 is 10.4 Å². The van der Waals surface area contributed by atoms with Gasteiger partial charge in [0.2, 0.25) is 0 Å². The molecule has 6 heteroatoms. The maximum Gasteiger partial charge on any atom is 0.182 e. The number of rotatable bonds is 4. The Morgan fingerprint density at radius 1 is 1.10 bits per heavy atom. The molecule has 0 saturated carbocycles. The van der Waals surface area contributed by atoms with Crippen molar-refractivity contribution in [3.63, 3.8) is 0 Å². The highest BCUT2D eigenvalue weighted by atomic mass is 16.3. The number of aryl methyl sites for hydroxylation is 1. The third-order valence-corrected chi connectivity index (χ3v) is 6.12. The van der Waals surface area contributed by atoms with Crippen LogP contribution in [0.5, 0.6) is 5.75 Å². The number of H-pyrrole nitrogens is 1. The first kappa shape index (κ1) is 19.7. The van der Waals surface area contributed by atoms with E-state index in [0.29, 0.717) is 12.1 Å². The highest BCUT2D eigenvalue weighted by Crippen LogP contribution is 2.31. The van der Waals surface area contributed by atoms with Gasteiger partial charge in [-0.05, 0) is 55.3 Å². The molecule has 158 valence electrons. The Labute approximate surface area is 181 Å². The first-order chi connectivity index (χ1) is 15.1. The lowest BCUT2D eigenvalue weighted by atomic mass is 9.99. The average Bonchev–Trinajstić information content (AvgIpc) is 3.16. The van der Waals surface area contributed by atoms with Crippen LogP contribution in [0.3, 0.4) is 0 Å². The smallest absolute Gasteiger partial charge is 0.182 e. The fourth-order valence-electron chi connectivity index (χ4n) is 4.55. The molecule has 5 rings (SSSR count). The topological polar surface area (TPSA) is 77.1 Å². The quantitative estimate of drug-likeness (QED) is 0.468. The lowest BCUT2D eigenvalue weighted by Crippen LogP contribution is -2.50. The zero-order chi connectivity index (χ0) is 21.4. The number of benzene rings is 2. The lowest BCUT2D eigenvalue weighted by molar-refractivity contribution is 0.128. The van der Waals surface area contributed by atoms with Crippen LogP contribution in [0.15, 0.2) is 60.7 Å². The van der Waals surface area contributed by atoms with Crippen molar-refractivity contribution in [3.8, 4) is 17.0 Å². The molecule has 2 unspecified atom stereocenters. The van der Waals surface area contributed by atoms with Crippen LogP contribution >= 0.6 is 0 Å². The zero-order valence-electron chi connectivity index (χ0n) is 17.8. The number of phenolic OH excluding ortho intramolecular Hbond substituents is 1. The summed E-state index contributed by atoms with van der Waals surface area (Å²) >= 11 is 0. The van der Waals surface area contributed by atoms with E-state index in [-0.39, 0.29) is 5.75 Å². The molecule has 1 aliphatic heterocycles. The standard InChI is InChI=1S/C25H27N5O/c1-16-14-30(23(13-26-16)19-6-4-3-5-7-19)15-20-12-22(18-8-10-21(31)11-9-18)27-25-24(20)17(2)28-29-25/h3-12,16,23,26,31H,13-15H2,1-2H3,(H,27,28,29). The first-order valence-electron chi connectivity index (χ1n) is 10.7. The van der Waals surface area contributed by atoms with Gasteiger partial charge in [-0.3, -0.25) is 10.00 Å². The van der Waals surface area contributed by atoms with Crippen molar-refractivity contribution in [2.24, 2.45) is 0 Å². The molecule has 2 aromatic heterocycles. The minimum Gasteiger partial charge on any atom is -0.508 e. The molecule has 6 nitrogen and oxygen atoms in total. The van der Waals surface area contributed by atoms with Gasteiger partial charge in [0.05, 0.1) is 5.69 Å². The van der Waals surface area contributed by atoms with E-state index in [1.54, 1.807) is 12.1 Å². The van der Waals surface area contributed by atoms with Gasteiger partial charge in [0.1, 0.15) is 5.75 Å². The van der Waals surface area contributed by atoms with Crippen LogP contribution in [0, 0.1) is 6.92 Å². The molecule has 0 radical (unpaired) electrons. The Balaban J connectivity index is 1.56. The number of hydrogen-bond donors (Lipinski definition) is 3. The molecule has 0 aliphatic carbocycles. The van der Waals surface area contributed by atoms with Crippen molar-refractivity contribution in [2.45, 2.75) is 32.5 Å². The van der Waals surface area contributed by atoms with Gasteiger partial charge in [-0.2, -0.15) is 5.10 Å². The van der Waals surface area contributed by atoms with Crippen LogP contribution < -0.4 is 5.32 Å². The monoisotopic (exact) mass is 413 g/mol. The molecule has 0 amide bonds. The van der Waals surface area contributed by atoms with Crippen LogP contribution in [-0.2, 0) is 6.54 Å². The molecule has 0 spiro atoms. The van der Waals surface area contributed by atoms with Crippen molar-refractivity contribution in [2.75, 3.05) is 13.1 Å². The van der Waals surface area contributed by atoms with Gasteiger partial charge in [0.15, 0.2) is 5.65 Å². The van der Waals surface area contributed by atoms with Gasteiger partial charge in [-0.15, -0.1) is 0 Å². The molecule has 2 aromatic carbocycles. The minimum absolute atomic E-state index is 0.251. The molecule has 2 atom stereocenters. The predicted molar refractivity (Wildman–Crippen MR) is 123 cm³/mol. The second-order valence-electron chi connectivity index (χ2n) is 8.43. The number of nitrogens with one attached hydrogen (secondary N) is 2. The summed E-state index contributed by atoms with van der Waals surface area (Å²) in [5.41, 5.74) is 6.15. The normalized spacial score (nSPS) is 19.7. The fourth-order valence-corrected chi connectivity index (χ4v) is 4.55. The second kappa shape index (κ2) is 8.13. The molecular formula is C25H27N5O. The number of phenols is 1. The Morgan fingerprint density at radius 2 is 1.87 bits per heavy atom. The molecular weight excluding hydrogens is 386 g/mol. The number of pyridine rings is 1. The fraction of sp³-hybridized carbons (Fsp3) is 0.280. The third kappa shape index (κ3) is 3.92. The van der Waals surface area contributed by atoms with E-state index in [2.05, 4.69) is 70.7 Å². The van der Waals surface area contributed by atoms with Crippen LogP contribution in [0.25, 0.3) is 22.3 Å². The van der Waals surface area contributed by atoms with E-state index < -0.39 is 0 Å². The Morgan fingerprint density at radius 3 is 2.65 bits per heavy atom. The lowest BCUT2D eigenvalue weighted by Gasteiger charge is -2.40. The van der Waals surface area contributed by atoms with E-state index in [9.17, 15) is 5.11 Å². The van der Waals surface area contributed by atoms with Crippen molar-refractivity contribution >= 4 is 11.0 Å².